The molecule has 2 atom stereocenters. The molecule has 4 heteroatoms. The second kappa shape index (κ2) is 5.27. The van der Waals surface area contributed by atoms with Gasteiger partial charge in [-0.05, 0) is 39.3 Å². The maximum atomic E-state index is 12.3. The van der Waals surface area contributed by atoms with Gasteiger partial charge in [0.15, 0.2) is 0 Å². The lowest BCUT2D eigenvalue weighted by atomic mass is 10.1. The highest BCUT2D eigenvalue weighted by Gasteiger charge is 2.49. The third kappa shape index (κ3) is 3.38. The van der Waals surface area contributed by atoms with E-state index >= 15 is 0 Å². The van der Waals surface area contributed by atoms with Crippen LogP contribution in [0.5, 0.6) is 0 Å². The first-order valence-corrected chi connectivity index (χ1v) is 6.94. The molecule has 108 valence electrons. The molecule has 0 aromatic heterocycles. The molecule has 1 aliphatic rings. The van der Waals surface area contributed by atoms with Gasteiger partial charge in [0, 0.05) is 18.3 Å². The molecule has 2 unspecified atom stereocenters. The molecule has 4 nitrogen and oxygen atoms in total. The van der Waals surface area contributed by atoms with Gasteiger partial charge in [0.05, 0.1) is 11.8 Å². The first-order chi connectivity index (χ1) is 9.29. The molecule has 1 fully saturated rings. The minimum Gasteiger partial charge on any atom is -0.351 e. The van der Waals surface area contributed by atoms with Gasteiger partial charge in [-0.1, -0.05) is 18.2 Å². The van der Waals surface area contributed by atoms with Gasteiger partial charge in [-0.15, -0.1) is 0 Å². The molecule has 0 saturated heterocycles. The maximum Gasteiger partial charge on any atom is 0.230 e. The Hall–Kier alpha value is -1.84. The molecule has 0 spiro atoms. The number of carbonyl (C=O) groups excluding carboxylic acids is 2. The van der Waals surface area contributed by atoms with E-state index in [1.807, 2.05) is 51.1 Å². The van der Waals surface area contributed by atoms with Crippen LogP contribution < -0.4 is 10.2 Å². The largest absolute Gasteiger partial charge is 0.351 e. The summed E-state index contributed by atoms with van der Waals surface area (Å²) in [7, 11) is 1.76. The lowest BCUT2D eigenvalue weighted by molar-refractivity contribution is -0.127. The summed E-state index contributed by atoms with van der Waals surface area (Å²) in [6.07, 6.45) is 0.651. The number of hydrogen-bond donors (Lipinski definition) is 1. The van der Waals surface area contributed by atoms with E-state index in [-0.39, 0.29) is 29.2 Å². The molecular weight excluding hydrogens is 252 g/mol. The SMILES string of the molecule is CN(C(=O)C1CC1C(=O)NC(C)(C)C)c1ccccc1. The van der Waals surface area contributed by atoms with Crippen LogP contribution in [0.4, 0.5) is 5.69 Å². The molecule has 20 heavy (non-hydrogen) atoms. The van der Waals surface area contributed by atoms with Crippen molar-refractivity contribution in [2.45, 2.75) is 32.7 Å². The molecule has 1 saturated carbocycles. The number of benzene rings is 1. The summed E-state index contributed by atoms with van der Waals surface area (Å²) in [5, 5.41) is 2.93. The van der Waals surface area contributed by atoms with Crippen LogP contribution in [0.1, 0.15) is 27.2 Å². The standard InChI is InChI=1S/C16H22N2O2/c1-16(2,3)17-14(19)12-10-13(12)15(20)18(4)11-8-6-5-7-9-11/h5-9,12-13H,10H2,1-4H3,(H,17,19). The van der Waals surface area contributed by atoms with Crippen LogP contribution in [0, 0.1) is 11.8 Å². The average molecular weight is 274 g/mol. The predicted octanol–water partition coefficient (Wildman–Crippen LogP) is 2.20. The highest BCUT2D eigenvalue weighted by atomic mass is 16.2. The quantitative estimate of drug-likeness (QED) is 0.918. The van der Waals surface area contributed by atoms with Crippen LogP contribution in [-0.4, -0.2) is 24.4 Å². The van der Waals surface area contributed by atoms with Crippen LogP contribution >= 0.6 is 0 Å². The normalized spacial score (nSPS) is 21.2. The van der Waals surface area contributed by atoms with Crippen LogP contribution in [-0.2, 0) is 9.59 Å². The summed E-state index contributed by atoms with van der Waals surface area (Å²) in [5.41, 5.74) is 0.609. The van der Waals surface area contributed by atoms with E-state index in [4.69, 9.17) is 0 Å². The number of anilines is 1. The van der Waals surface area contributed by atoms with E-state index in [1.54, 1.807) is 11.9 Å². The van der Waals surface area contributed by atoms with E-state index in [9.17, 15) is 9.59 Å². The van der Waals surface area contributed by atoms with Gasteiger partial charge >= 0.3 is 0 Å². The molecule has 2 rings (SSSR count). The van der Waals surface area contributed by atoms with Gasteiger partial charge in [-0.2, -0.15) is 0 Å². The van der Waals surface area contributed by atoms with E-state index in [0.29, 0.717) is 6.42 Å². The number of nitrogens with one attached hydrogen (secondary N) is 1. The molecule has 1 N–H and O–H groups in total. The molecule has 1 aromatic rings. The van der Waals surface area contributed by atoms with Crippen molar-refractivity contribution in [1.82, 2.24) is 5.32 Å². The van der Waals surface area contributed by atoms with Gasteiger partial charge in [-0.3, -0.25) is 9.59 Å². The first kappa shape index (κ1) is 14.6. The molecule has 0 heterocycles. The molecule has 2 amide bonds. The Morgan fingerprint density at radius 1 is 1.15 bits per heavy atom. The summed E-state index contributed by atoms with van der Waals surface area (Å²) in [5.74, 6) is -0.349. The van der Waals surface area contributed by atoms with Crippen molar-refractivity contribution in [2.24, 2.45) is 11.8 Å². The highest BCUT2D eigenvalue weighted by Crippen LogP contribution is 2.40. The lowest BCUT2D eigenvalue weighted by Crippen LogP contribution is -2.42. The number of rotatable bonds is 3. The molecule has 0 aliphatic heterocycles. The minimum absolute atomic E-state index is 0.0164. The van der Waals surface area contributed by atoms with Crippen molar-refractivity contribution in [3.8, 4) is 0 Å². The Bertz CT molecular complexity index is 505. The topological polar surface area (TPSA) is 49.4 Å². The van der Waals surface area contributed by atoms with Crippen LogP contribution in [0.25, 0.3) is 0 Å². The van der Waals surface area contributed by atoms with Gasteiger partial charge in [-0.25, -0.2) is 0 Å². The average Bonchev–Trinajstić information content (AvgIpc) is 3.16. The van der Waals surface area contributed by atoms with E-state index < -0.39 is 0 Å². The van der Waals surface area contributed by atoms with Crippen molar-refractivity contribution < 1.29 is 9.59 Å². The Morgan fingerprint density at radius 2 is 1.75 bits per heavy atom. The molecule has 1 aromatic carbocycles. The van der Waals surface area contributed by atoms with Gasteiger partial charge in [0.1, 0.15) is 0 Å². The van der Waals surface area contributed by atoms with Gasteiger partial charge in [0.2, 0.25) is 11.8 Å². The second-order valence-corrected chi connectivity index (χ2v) is 6.42. The zero-order valence-corrected chi connectivity index (χ0v) is 12.5. The zero-order chi connectivity index (χ0) is 14.9. The number of para-hydroxylation sites is 1. The van der Waals surface area contributed by atoms with Gasteiger partial charge in [0.25, 0.3) is 0 Å². The Kier molecular flexibility index (Phi) is 3.84. The Labute approximate surface area is 120 Å². The monoisotopic (exact) mass is 274 g/mol. The third-order valence-corrected chi connectivity index (χ3v) is 3.42. The fourth-order valence-corrected chi connectivity index (χ4v) is 2.25. The summed E-state index contributed by atoms with van der Waals surface area (Å²) in [6.45, 7) is 5.83. The van der Waals surface area contributed by atoms with E-state index in [0.717, 1.165) is 5.69 Å². The zero-order valence-electron chi connectivity index (χ0n) is 12.5. The van der Waals surface area contributed by atoms with E-state index in [2.05, 4.69) is 5.32 Å². The summed E-state index contributed by atoms with van der Waals surface area (Å²) in [4.78, 5) is 26.0. The fraction of sp³-hybridized carbons (Fsp3) is 0.500. The lowest BCUT2D eigenvalue weighted by Gasteiger charge is -2.21. The third-order valence-electron chi connectivity index (χ3n) is 3.42. The predicted molar refractivity (Wildman–Crippen MR) is 79.3 cm³/mol. The van der Waals surface area contributed by atoms with Crippen LogP contribution in [0.2, 0.25) is 0 Å². The summed E-state index contributed by atoms with van der Waals surface area (Å²) in [6, 6.07) is 9.50. The molecular formula is C16H22N2O2. The molecule has 0 radical (unpaired) electrons. The number of hydrogen-bond acceptors (Lipinski definition) is 2. The smallest absolute Gasteiger partial charge is 0.230 e. The minimum atomic E-state index is -0.251. The Morgan fingerprint density at radius 3 is 2.30 bits per heavy atom. The number of amides is 2. The molecule has 0 bridgehead atoms. The van der Waals surface area contributed by atoms with Crippen molar-refractivity contribution in [3.05, 3.63) is 30.3 Å². The molecule has 1 aliphatic carbocycles. The van der Waals surface area contributed by atoms with Crippen LogP contribution in [0.15, 0.2) is 30.3 Å². The fourth-order valence-electron chi connectivity index (χ4n) is 2.25. The number of nitrogens with zero attached hydrogens (tertiary/aromatic N) is 1. The van der Waals surface area contributed by atoms with Gasteiger partial charge < -0.3 is 10.2 Å². The van der Waals surface area contributed by atoms with Crippen molar-refractivity contribution in [1.29, 1.82) is 0 Å². The van der Waals surface area contributed by atoms with Crippen LogP contribution in [0.3, 0.4) is 0 Å². The number of carbonyl (C=O) groups is 2. The summed E-state index contributed by atoms with van der Waals surface area (Å²) < 4.78 is 0. The highest BCUT2D eigenvalue weighted by molar-refractivity contribution is 6.00. The summed E-state index contributed by atoms with van der Waals surface area (Å²) >= 11 is 0. The van der Waals surface area contributed by atoms with Crippen molar-refractivity contribution in [3.63, 3.8) is 0 Å². The van der Waals surface area contributed by atoms with Crippen molar-refractivity contribution >= 4 is 17.5 Å². The van der Waals surface area contributed by atoms with E-state index in [1.165, 1.54) is 0 Å². The van der Waals surface area contributed by atoms with Crippen molar-refractivity contribution in [2.75, 3.05) is 11.9 Å². The first-order valence-electron chi connectivity index (χ1n) is 6.94. The second-order valence-electron chi connectivity index (χ2n) is 6.42. The maximum absolute atomic E-state index is 12.3. The Balaban J connectivity index is 1.95.